The number of amides is 1. The number of piperazine rings is 1. The van der Waals surface area contributed by atoms with Gasteiger partial charge in [0.15, 0.2) is 5.82 Å². The Morgan fingerprint density at radius 3 is 2.52 bits per heavy atom. The Hall–Kier alpha value is -4.65. The Morgan fingerprint density at radius 2 is 1.80 bits per heavy atom. The van der Waals surface area contributed by atoms with Crippen LogP contribution in [-0.4, -0.2) is 69.8 Å². The van der Waals surface area contributed by atoms with Crippen molar-refractivity contribution in [3.8, 4) is 5.82 Å². The van der Waals surface area contributed by atoms with E-state index >= 15 is 0 Å². The van der Waals surface area contributed by atoms with Crippen molar-refractivity contribution in [3.05, 3.63) is 77.2 Å². The third-order valence-corrected chi connectivity index (χ3v) is 8.42. The average molecular weight is 606 g/mol. The van der Waals surface area contributed by atoms with Crippen LogP contribution in [0.3, 0.4) is 0 Å². The fourth-order valence-electron chi connectivity index (χ4n) is 5.59. The van der Waals surface area contributed by atoms with Crippen molar-refractivity contribution in [1.29, 1.82) is 0 Å². The zero-order valence-corrected chi connectivity index (χ0v) is 25.0. The number of carbonyl (C=O) groups is 1. The van der Waals surface area contributed by atoms with Crippen LogP contribution in [0.15, 0.2) is 54.9 Å². The second-order valence-electron chi connectivity index (χ2n) is 11.5. The molecule has 2 fully saturated rings. The highest BCUT2D eigenvalue weighted by atomic mass is 19.4. The summed E-state index contributed by atoms with van der Waals surface area (Å²) in [5, 5.41) is 13.7. The van der Waals surface area contributed by atoms with E-state index in [1.807, 2.05) is 30.9 Å². The van der Waals surface area contributed by atoms with Crippen molar-refractivity contribution < 1.29 is 18.0 Å². The van der Waals surface area contributed by atoms with Crippen molar-refractivity contribution in [2.45, 2.75) is 38.4 Å². The van der Waals surface area contributed by atoms with Gasteiger partial charge in [0.2, 0.25) is 0 Å². The van der Waals surface area contributed by atoms with Crippen LogP contribution in [0.5, 0.6) is 0 Å². The van der Waals surface area contributed by atoms with Gasteiger partial charge in [-0.15, -0.1) is 0 Å². The van der Waals surface area contributed by atoms with Gasteiger partial charge in [-0.25, -0.2) is 9.97 Å². The Balaban J connectivity index is 1.26. The maximum atomic E-state index is 14.0. The smallest absolute Gasteiger partial charge is 0.373 e. The molecule has 0 atom stereocenters. The SMILES string of the molecule is CNc1cc(-n2nc(C)cc2Nc2cc(NC(=O)c3cc(N4CCN(C)C5(CC5)C4)cc(C(F)(F)F)c3)ccc2C)ncn1. The molecule has 6 rings (SSSR count). The number of anilines is 5. The van der Waals surface area contributed by atoms with Gasteiger partial charge in [0.05, 0.1) is 11.3 Å². The van der Waals surface area contributed by atoms with Crippen molar-refractivity contribution >= 4 is 34.6 Å². The molecule has 2 aliphatic rings. The highest BCUT2D eigenvalue weighted by molar-refractivity contribution is 6.05. The third-order valence-electron chi connectivity index (χ3n) is 8.42. The van der Waals surface area contributed by atoms with E-state index in [1.165, 1.54) is 6.33 Å². The first-order valence-electron chi connectivity index (χ1n) is 14.4. The number of nitrogens with zero attached hydrogens (tertiary/aromatic N) is 6. The number of nitrogens with one attached hydrogen (secondary N) is 3. The van der Waals surface area contributed by atoms with Gasteiger partial charge in [0.1, 0.15) is 18.0 Å². The summed E-state index contributed by atoms with van der Waals surface area (Å²) in [6.07, 6.45) is -1.11. The lowest BCUT2D eigenvalue weighted by Gasteiger charge is -2.41. The average Bonchev–Trinajstić information content (AvgIpc) is 3.68. The molecule has 1 spiro atoms. The molecule has 0 unspecified atom stereocenters. The highest BCUT2D eigenvalue weighted by Crippen LogP contribution is 2.44. The zero-order chi connectivity index (χ0) is 31.2. The van der Waals surface area contributed by atoms with Crippen LogP contribution in [0, 0.1) is 13.8 Å². The van der Waals surface area contributed by atoms with E-state index < -0.39 is 17.6 Å². The van der Waals surface area contributed by atoms with Crippen molar-refractivity contribution in [1.82, 2.24) is 24.6 Å². The lowest BCUT2D eigenvalue weighted by Crippen LogP contribution is -2.53. The number of rotatable bonds is 7. The first kappa shape index (κ1) is 29.4. The van der Waals surface area contributed by atoms with Crippen LogP contribution in [0.2, 0.25) is 0 Å². The van der Waals surface area contributed by atoms with Gasteiger partial charge < -0.3 is 20.9 Å². The molecule has 0 bridgehead atoms. The number of likely N-dealkylation sites (N-methyl/N-ethyl adjacent to an activating group) is 1. The second kappa shape index (κ2) is 11.1. The Morgan fingerprint density at radius 1 is 1.00 bits per heavy atom. The summed E-state index contributed by atoms with van der Waals surface area (Å²) in [5.74, 6) is 1.20. The number of aryl methyl sites for hydroxylation is 2. The van der Waals surface area contributed by atoms with Gasteiger partial charge >= 0.3 is 6.18 Å². The lowest BCUT2D eigenvalue weighted by molar-refractivity contribution is -0.137. The minimum Gasteiger partial charge on any atom is -0.373 e. The standard InChI is InChI=1S/C31H34F3N9O/c1-19-5-6-23(15-25(19)39-28-11-20(2)40-43(28)27-16-26(35-3)36-18-37-27)38-29(44)21-12-22(31(32,33)34)14-24(13-21)42-10-9-41(4)30(17-42)7-8-30/h5-6,11-16,18,39H,7-10,17H2,1-4H3,(H,38,44)(H,35,36,37). The van der Waals surface area contributed by atoms with E-state index in [1.54, 1.807) is 36.0 Å². The molecule has 4 aromatic rings. The van der Waals surface area contributed by atoms with Crippen LogP contribution < -0.4 is 20.9 Å². The van der Waals surface area contributed by atoms with Gasteiger partial charge in [-0.2, -0.15) is 23.0 Å². The molecule has 1 amide bonds. The largest absolute Gasteiger partial charge is 0.416 e. The van der Waals surface area contributed by atoms with Gasteiger partial charge in [0, 0.05) is 67.0 Å². The molecule has 44 heavy (non-hydrogen) atoms. The summed E-state index contributed by atoms with van der Waals surface area (Å²) in [6.45, 7) is 5.76. The summed E-state index contributed by atoms with van der Waals surface area (Å²) in [6, 6.07) is 12.5. The molecule has 3 N–H and O–H groups in total. The van der Waals surface area contributed by atoms with Crippen molar-refractivity contribution in [2.24, 2.45) is 0 Å². The van der Waals surface area contributed by atoms with E-state index in [2.05, 4.69) is 43.0 Å². The molecule has 1 aliphatic carbocycles. The molecular weight excluding hydrogens is 571 g/mol. The first-order chi connectivity index (χ1) is 20.9. The molecule has 0 radical (unpaired) electrons. The van der Waals surface area contributed by atoms with E-state index in [4.69, 9.17) is 0 Å². The molecule has 13 heteroatoms. The summed E-state index contributed by atoms with van der Waals surface area (Å²) in [5.41, 5.74) is 2.29. The van der Waals surface area contributed by atoms with Gasteiger partial charge in [-0.3, -0.25) is 9.69 Å². The van der Waals surface area contributed by atoms with Gasteiger partial charge in [0.25, 0.3) is 5.91 Å². The van der Waals surface area contributed by atoms with Crippen molar-refractivity contribution in [2.75, 3.05) is 54.6 Å². The van der Waals surface area contributed by atoms with Gasteiger partial charge in [-0.05, 0) is 69.6 Å². The minimum absolute atomic E-state index is 0.0107. The molecule has 3 heterocycles. The Labute approximate surface area is 253 Å². The maximum absolute atomic E-state index is 14.0. The molecule has 1 aliphatic heterocycles. The van der Waals surface area contributed by atoms with E-state index in [-0.39, 0.29) is 11.1 Å². The lowest BCUT2D eigenvalue weighted by atomic mass is 10.0. The highest BCUT2D eigenvalue weighted by Gasteiger charge is 2.49. The zero-order valence-electron chi connectivity index (χ0n) is 25.0. The summed E-state index contributed by atoms with van der Waals surface area (Å²) < 4.78 is 43.5. The number of hydrogen-bond donors (Lipinski definition) is 3. The number of benzene rings is 2. The van der Waals surface area contributed by atoms with Crippen molar-refractivity contribution in [3.63, 3.8) is 0 Å². The number of alkyl halides is 3. The van der Waals surface area contributed by atoms with Crippen LogP contribution >= 0.6 is 0 Å². The molecule has 1 saturated carbocycles. The molecule has 2 aromatic heterocycles. The Kier molecular flexibility index (Phi) is 7.44. The molecule has 10 nitrogen and oxygen atoms in total. The first-order valence-corrected chi connectivity index (χ1v) is 14.4. The monoisotopic (exact) mass is 605 g/mol. The number of aromatic nitrogens is 4. The Bertz CT molecular complexity index is 1710. The summed E-state index contributed by atoms with van der Waals surface area (Å²) in [7, 11) is 3.82. The molecule has 2 aromatic carbocycles. The summed E-state index contributed by atoms with van der Waals surface area (Å²) in [4.78, 5) is 26.2. The number of halogens is 3. The van der Waals surface area contributed by atoms with Crippen LogP contribution in [-0.2, 0) is 6.18 Å². The van der Waals surface area contributed by atoms with Gasteiger partial charge in [-0.1, -0.05) is 6.07 Å². The topological polar surface area (TPSA) is 103 Å². The van der Waals surface area contributed by atoms with E-state index in [9.17, 15) is 18.0 Å². The third kappa shape index (κ3) is 5.91. The fraction of sp³-hybridized carbons (Fsp3) is 0.355. The fourth-order valence-corrected chi connectivity index (χ4v) is 5.59. The van der Waals surface area contributed by atoms with Crippen LogP contribution in [0.25, 0.3) is 5.82 Å². The second-order valence-corrected chi connectivity index (χ2v) is 11.5. The predicted molar refractivity (Wildman–Crippen MR) is 164 cm³/mol. The summed E-state index contributed by atoms with van der Waals surface area (Å²) >= 11 is 0. The number of carbonyl (C=O) groups excluding carboxylic acids is 1. The normalized spacial score (nSPS) is 16.2. The van der Waals surface area contributed by atoms with Crippen LogP contribution in [0.4, 0.5) is 41.9 Å². The van der Waals surface area contributed by atoms with E-state index in [0.29, 0.717) is 47.6 Å². The maximum Gasteiger partial charge on any atom is 0.416 e. The molecule has 230 valence electrons. The van der Waals surface area contributed by atoms with Crippen LogP contribution in [0.1, 0.15) is 40.0 Å². The number of hydrogen-bond acceptors (Lipinski definition) is 8. The minimum atomic E-state index is -4.59. The molecule has 1 saturated heterocycles. The predicted octanol–water partition coefficient (Wildman–Crippen LogP) is 5.62. The quantitative estimate of drug-likeness (QED) is 0.250. The molecular formula is C31H34F3N9O. The van der Waals surface area contributed by atoms with E-state index in [0.717, 1.165) is 42.8 Å².